The molecule has 1 aromatic rings. The molecule has 2 N–H and O–H groups in total. The summed E-state index contributed by atoms with van der Waals surface area (Å²) in [5.41, 5.74) is 5.41. The molecule has 0 saturated carbocycles. The predicted molar refractivity (Wildman–Crippen MR) is 71.2 cm³/mol. The topological polar surface area (TPSA) is 79.4 Å². The SMILES string of the molecule is CC(N)COc1cnn(CC2CCC(C)O2)c(=O)c1. The molecule has 0 radical (unpaired) electrons. The molecule has 2 heterocycles. The van der Waals surface area contributed by atoms with Gasteiger partial charge in [0.25, 0.3) is 5.56 Å². The van der Waals surface area contributed by atoms with Crippen LogP contribution in [0.2, 0.25) is 0 Å². The Morgan fingerprint density at radius 1 is 1.63 bits per heavy atom. The van der Waals surface area contributed by atoms with Crippen LogP contribution in [0.1, 0.15) is 26.7 Å². The zero-order valence-electron chi connectivity index (χ0n) is 11.4. The molecule has 1 aromatic heterocycles. The van der Waals surface area contributed by atoms with E-state index in [4.69, 9.17) is 15.2 Å². The van der Waals surface area contributed by atoms with E-state index in [1.165, 1.54) is 10.7 Å². The van der Waals surface area contributed by atoms with E-state index in [1.807, 2.05) is 13.8 Å². The number of nitrogens with two attached hydrogens (primary N) is 1. The van der Waals surface area contributed by atoms with Gasteiger partial charge in [0.1, 0.15) is 12.4 Å². The number of ether oxygens (including phenoxy) is 2. The van der Waals surface area contributed by atoms with E-state index < -0.39 is 0 Å². The lowest BCUT2D eigenvalue weighted by Crippen LogP contribution is -2.29. The quantitative estimate of drug-likeness (QED) is 0.842. The van der Waals surface area contributed by atoms with Crippen molar-refractivity contribution < 1.29 is 9.47 Å². The number of hydrogen-bond donors (Lipinski definition) is 1. The molecule has 1 aliphatic heterocycles. The Labute approximate surface area is 112 Å². The van der Waals surface area contributed by atoms with Gasteiger partial charge in [-0.05, 0) is 26.7 Å². The van der Waals surface area contributed by atoms with Crippen molar-refractivity contribution in [2.75, 3.05) is 6.61 Å². The Morgan fingerprint density at radius 3 is 3.00 bits per heavy atom. The van der Waals surface area contributed by atoms with Gasteiger partial charge in [-0.2, -0.15) is 5.10 Å². The van der Waals surface area contributed by atoms with E-state index in [1.54, 1.807) is 6.20 Å². The Hall–Kier alpha value is -1.40. The number of nitrogens with zero attached hydrogens (tertiary/aromatic N) is 2. The maximum Gasteiger partial charge on any atom is 0.270 e. The molecule has 0 aliphatic carbocycles. The molecule has 0 aromatic carbocycles. The zero-order valence-corrected chi connectivity index (χ0v) is 11.4. The van der Waals surface area contributed by atoms with Gasteiger partial charge in [0.2, 0.25) is 0 Å². The lowest BCUT2D eigenvalue weighted by atomic mass is 10.2. The van der Waals surface area contributed by atoms with Gasteiger partial charge >= 0.3 is 0 Å². The number of rotatable bonds is 5. The summed E-state index contributed by atoms with van der Waals surface area (Å²) in [4.78, 5) is 11.9. The van der Waals surface area contributed by atoms with Crippen LogP contribution >= 0.6 is 0 Å². The molecule has 2 rings (SSSR count). The summed E-state index contributed by atoms with van der Waals surface area (Å²) in [7, 11) is 0. The van der Waals surface area contributed by atoms with Crippen LogP contribution in [0.25, 0.3) is 0 Å². The monoisotopic (exact) mass is 267 g/mol. The summed E-state index contributed by atoms with van der Waals surface area (Å²) in [6.07, 6.45) is 3.90. The molecule has 3 unspecified atom stereocenters. The van der Waals surface area contributed by atoms with Gasteiger partial charge < -0.3 is 15.2 Å². The van der Waals surface area contributed by atoms with E-state index in [0.717, 1.165) is 12.8 Å². The molecule has 0 spiro atoms. The number of hydrogen-bond acceptors (Lipinski definition) is 5. The molecule has 6 nitrogen and oxygen atoms in total. The second-order valence-electron chi connectivity index (χ2n) is 5.15. The molecule has 0 amide bonds. The summed E-state index contributed by atoms with van der Waals surface area (Å²) in [6, 6.07) is 1.36. The average Bonchev–Trinajstić information content (AvgIpc) is 2.75. The van der Waals surface area contributed by atoms with Crippen molar-refractivity contribution in [3.63, 3.8) is 0 Å². The average molecular weight is 267 g/mol. The first-order valence-corrected chi connectivity index (χ1v) is 6.65. The van der Waals surface area contributed by atoms with Crippen molar-refractivity contribution in [1.82, 2.24) is 9.78 Å². The molecule has 1 aliphatic rings. The van der Waals surface area contributed by atoms with Crippen molar-refractivity contribution >= 4 is 0 Å². The largest absolute Gasteiger partial charge is 0.490 e. The van der Waals surface area contributed by atoms with Crippen LogP contribution in [0.4, 0.5) is 0 Å². The van der Waals surface area contributed by atoms with Crippen molar-refractivity contribution in [1.29, 1.82) is 0 Å². The van der Waals surface area contributed by atoms with Gasteiger partial charge in [-0.3, -0.25) is 4.79 Å². The van der Waals surface area contributed by atoms with Gasteiger partial charge in [0.15, 0.2) is 0 Å². The molecule has 19 heavy (non-hydrogen) atoms. The maximum atomic E-state index is 11.9. The molecule has 0 bridgehead atoms. The van der Waals surface area contributed by atoms with Gasteiger partial charge in [-0.25, -0.2) is 4.68 Å². The highest BCUT2D eigenvalue weighted by Gasteiger charge is 2.22. The van der Waals surface area contributed by atoms with Crippen LogP contribution < -0.4 is 16.0 Å². The van der Waals surface area contributed by atoms with Crippen LogP contribution in [-0.2, 0) is 11.3 Å². The maximum absolute atomic E-state index is 11.9. The van der Waals surface area contributed by atoms with Gasteiger partial charge in [-0.15, -0.1) is 0 Å². The summed E-state index contributed by atoms with van der Waals surface area (Å²) in [5, 5.41) is 4.10. The highest BCUT2D eigenvalue weighted by atomic mass is 16.5. The Bertz CT molecular complexity index is 472. The summed E-state index contributed by atoms with van der Waals surface area (Å²) in [5.74, 6) is 0.458. The minimum absolute atomic E-state index is 0.0733. The first-order valence-electron chi connectivity index (χ1n) is 6.65. The second-order valence-corrected chi connectivity index (χ2v) is 5.15. The zero-order chi connectivity index (χ0) is 13.8. The highest BCUT2D eigenvalue weighted by Crippen LogP contribution is 2.19. The minimum atomic E-state index is -0.176. The second kappa shape index (κ2) is 6.16. The normalized spacial score (nSPS) is 24.4. The third kappa shape index (κ3) is 4.04. The molecule has 106 valence electrons. The third-order valence-corrected chi connectivity index (χ3v) is 3.05. The lowest BCUT2D eigenvalue weighted by molar-refractivity contribution is 0.0427. The van der Waals surface area contributed by atoms with Crippen molar-refractivity contribution in [3.05, 3.63) is 22.6 Å². The van der Waals surface area contributed by atoms with Crippen LogP contribution in [-0.4, -0.2) is 34.6 Å². The molecule has 1 fully saturated rings. The Balaban J connectivity index is 1.97. The van der Waals surface area contributed by atoms with Crippen LogP contribution in [0.5, 0.6) is 5.75 Å². The van der Waals surface area contributed by atoms with Gasteiger partial charge in [-0.1, -0.05) is 0 Å². The molecular formula is C13H21N3O3. The van der Waals surface area contributed by atoms with E-state index in [0.29, 0.717) is 18.9 Å². The van der Waals surface area contributed by atoms with E-state index in [9.17, 15) is 4.79 Å². The van der Waals surface area contributed by atoms with Crippen molar-refractivity contribution in [3.8, 4) is 5.75 Å². The smallest absolute Gasteiger partial charge is 0.270 e. The fraction of sp³-hybridized carbons (Fsp3) is 0.692. The third-order valence-electron chi connectivity index (χ3n) is 3.05. The summed E-state index contributed by atoms with van der Waals surface area (Å²) < 4.78 is 12.5. The molecular weight excluding hydrogens is 246 g/mol. The van der Waals surface area contributed by atoms with E-state index >= 15 is 0 Å². The van der Waals surface area contributed by atoms with Crippen LogP contribution in [0, 0.1) is 0 Å². The fourth-order valence-electron chi connectivity index (χ4n) is 2.07. The predicted octanol–water partition coefficient (Wildman–Crippen LogP) is 0.537. The Morgan fingerprint density at radius 2 is 2.42 bits per heavy atom. The first kappa shape index (κ1) is 14.0. The summed E-state index contributed by atoms with van der Waals surface area (Å²) >= 11 is 0. The van der Waals surface area contributed by atoms with Crippen molar-refractivity contribution in [2.24, 2.45) is 5.73 Å². The standard InChI is InChI=1S/C13H21N3O3/c1-9(14)8-18-12-5-13(17)16(15-6-12)7-11-4-3-10(2)19-11/h5-6,9-11H,3-4,7-8,14H2,1-2H3. The summed E-state index contributed by atoms with van der Waals surface area (Å²) in [6.45, 7) is 4.75. The highest BCUT2D eigenvalue weighted by molar-refractivity contribution is 5.13. The minimum Gasteiger partial charge on any atom is -0.490 e. The number of aromatic nitrogens is 2. The lowest BCUT2D eigenvalue weighted by Gasteiger charge is -2.13. The van der Waals surface area contributed by atoms with E-state index in [2.05, 4.69) is 5.10 Å². The van der Waals surface area contributed by atoms with Gasteiger partial charge in [0.05, 0.1) is 24.9 Å². The van der Waals surface area contributed by atoms with Gasteiger partial charge in [0, 0.05) is 12.1 Å². The first-order chi connectivity index (χ1) is 9.04. The fourth-order valence-corrected chi connectivity index (χ4v) is 2.07. The van der Waals surface area contributed by atoms with Crippen molar-refractivity contribution in [2.45, 2.75) is 51.5 Å². The molecule has 3 atom stereocenters. The molecule has 1 saturated heterocycles. The molecule has 6 heteroatoms. The van der Waals surface area contributed by atoms with Crippen LogP contribution in [0.3, 0.4) is 0 Å². The Kier molecular flexibility index (Phi) is 4.55. The van der Waals surface area contributed by atoms with E-state index in [-0.39, 0.29) is 23.8 Å². The van der Waals surface area contributed by atoms with Crippen LogP contribution in [0.15, 0.2) is 17.1 Å².